The van der Waals surface area contributed by atoms with Gasteiger partial charge in [-0.1, -0.05) is 13.2 Å². The maximum atomic E-state index is 11.9. The van der Waals surface area contributed by atoms with Gasteiger partial charge >= 0.3 is 36.8 Å². The van der Waals surface area contributed by atoms with Gasteiger partial charge < -0.3 is 14.2 Å². The molecule has 0 aromatic heterocycles. The van der Waals surface area contributed by atoms with Crippen LogP contribution in [-0.2, 0) is 38.7 Å². The van der Waals surface area contributed by atoms with E-state index in [2.05, 4.69) is 17.9 Å². The first kappa shape index (κ1) is 25.6. The molecule has 0 rings (SSSR count). The Morgan fingerprint density at radius 1 is 0.960 bits per heavy atom. The molecule has 0 radical (unpaired) electrons. The fourth-order valence-corrected chi connectivity index (χ4v) is 1.44. The summed E-state index contributed by atoms with van der Waals surface area (Å²) in [6, 6.07) is 0. The average molecular weight is 372 g/mol. The third-order valence-electron chi connectivity index (χ3n) is 2.45. The molecule has 0 saturated heterocycles. The molecule has 0 bridgehead atoms. The van der Waals surface area contributed by atoms with Crippen molar-refractivity contribution in [3.8, 4) is 0 Å². The second-order valence-corrected chi connectivity index (χ2v) is 6.48. The summed E-state index contributed by atoms with van der Waals surface area (Å²) in [6.45, 7) is 8.03. The first-order valence-electron chi connectivity index (χ1n) is 6.71. The zero-order valence-corrected chi connectivity index (χ0v) is 14.3. The van der Waals surface area contributed by atoms with Gasteiger partial charge in [0.2, 0.25) is 0 Å². The Morgan fingerprint density at radius 2 is 1.36 bits per heavy atom. The van der Waals surface area contributed by atoms with Gasteiger partial charge in [-0.2, -0.15) is 8.42 Å². The predicted octanol–water partition coefficient (Wildman–Crippen LogP) is -0.376. The minimum absolute atomic E-state index is 0. The third-order valence-corrected chi connectivity index (χ3v) is 3.13. The summed E-state index contributed by atoms with van der Waals surface area (Å²) >= 11 is 0. The number of hydrogen-bond acceptors (Lipinski definition) is 8. The molecule has 0 aliphatic carbocycles. The molecular weight excluding hydrogens is 351 g/mol. The molecule has 0 atom stereocenters. The number of carbonyl (C=O) groups excluding carboxylic acids is 3. The zero-order valence-electron chi connectivity index (χ0n) is 13.4. The van der Waals surface area contributed by atoms with E-state index in [-0.39, 0.29) is 30.0 Å². The van der Waals surface area contributed by atoms with Gasteiger partial charge in [-0.25, -0.2) is 9.59 Å². The normalized spacial score (nSPS) is 10.4. The van der Waals surface area contributed by atoms with Crippen molar-refractivity contribution < 1.29 is 41.6 Å². The molecule has 1 N–H and O–H groups in total. The minimum atomic E-state index is -4.29. The van der Waals surface area contributed by atoms with E-state index in [4.69, 9.17) is 14.0 Å². The van der Waals surface area contributed by atoms with E-state index >= 15 is 0 Å². The van der Waals surface area contributed by atoms with E-state index in [9.17, 15) is 22.8 Å². The molecular formula is C14H21LiO9S. The van der Waals surface area contributed by atoms with Gasteiger partial charge in [-0.05, 0) is 13.8 Å². The van der Waals surface area contributed by atoms with Gasteiger partial charge in [0.15, 0.2) is 0 Å². The predicted molar refractivity (Wildman–Crippen MR) is 89.6 cm³/mol. The first-order valence-corrected chi connectivity index (χ1v) is 8.32. The SMILES string of the molecule is C=C(C)C(=O)OCC(COC(=O)C(=C)C)C(=O)OCCS(=O)(=O)O.[LiH]. The molecule has 0 saturated carbocycles. The zero-order chi connectivity index (χ0) is 18.9. The molecule has 0 aromatic rings. The Bertz CT molecular complexity index is 594. The van der Waals surface area contributed by atoms with Crippen LogP contribution in [0.4, 0.5) is 0 Å². The molecule has 0 amide bonds. The fraction of sp³-hybridized carbons (Fsp3) is 0.500. The van der Waals surface area contributed by atoms with Gasteiger partial charge in [0.25, 0.3) is 10.1 Å². The number of ether oxygens (including phenoxy) is 3. The Kier molecular flexibility index (Phi) is 12.2. The number of hydrogen-bond donors (Lipinski definition) is 1. The second-order valence-electron chi connectivity index (χ2n) is 4.91. The van der Waals surface area contributed by atoms with E-state index in [1.165, 1.54) is 13.8 Å². The van der Waals surface area contributed by atoms with Crippen LogP contribution in [0.5, 0.6) is 0 Å². The van der Waals surface area contributed by atoms with Crippen LogP contribution < -0.4 is 0 Å². The molecule has 0 fully saturated rings. The molecule has 25 heavy (non-hydrogen) atoms. The average Bonchev–Trinajstić information content (AvgIpc) is 2.44. The van der Waals surface area contributed by atoms with Gasteiger partial charge in [-0.15, -0.1) is 0 Å². The van der Waals surface area contributed by atoms with E-state index in [0.717, 1.165) is 0 Å². The summed E-state index contributed by atoms with van der Waals surface area (Å²) in [5.74, 6) is -4.42. The van der Waals surface area contributed by atoms with Crippen LogP contribution in [0.2, 0.25) is 0 Å². The molecule has 11 heteroatoms. The van der Waals surface area contributed by atoms with Gasteiger partial charge in [-0.3, -0.25) is 9.35 Å². The van der Waals surface area contributed by atoms with Crippen molar-refractivity contribution in [1.29, 1.82) is 0 Å². The Balaban J connectivity index is 0. The van der Waals surface area contributed by atoms with Crippen LogP contribution in [-0.4, -0.2) is 75.3 Å². The van der Waals surface area contributed by atoms with Crippen LogP contribution >= 0.6 is 0 Å². The Hall–Kier alpha value is -1.60. The van der Waals surface area contributed by atoms with E-state index < -0.39 is 59.5 Å². The molecule has 138 valence electrons. The van der Waals surface area contributed by atoms with Crippen molar-refractivity contribution in [3.05, 3.63) is 24.3 Å². The molecule has 9 nitrogen and oxygen atoms in total. The van der Waals surface area contributed by atoms with Crippen molar-refractivity contribution in [3.63, 3.8) is 0 Å². The summed E-state index contributed by atoms with van der Waals surface area (Å²) in [4.78, 5) is 34.6. The van der Waals surface area contributed by atoms with Crippen LogP contribution in [0, 0.1) is 5.92 Å². The molecule has 0 heterocycles. The van der Waals surface area contributed by atoms with Gasteiger partial charge in [0.05, 0.1) is 0 Å². The fourth-order valence-electron chi connectivity index (χ4n) is 1.15. The quantitative estimate of drug-likeness (QED) is 0.179. The molecule has 0 spiro atoms. The van der Waals surface area contributed by atoms with E-state index in [1.54, 1.807) is 0 Å². The van der Waals surface area contributed by atoms with Gasteiger partial charge in [0, 0.05) is 11.1 Å². The second kappa shape index (κ2) is 11.9. The standard InChI is InChI=1S/C14H20O9S.Li.H/c1-9(2)12(15)22-7-11(8-23-13(16)10(3)4)14(17)21-5-6-24(18,19)20;;/h11H,1,3,5-8H2,2,4H3,(H,18,19,20);;. The molecule has 0 unspecified atom stereocenters. The van der Waals surface area contributed by atoms with Crippen molar-refractivity contribution in [1.82, 2.24) is 0 Å². The Labute approximate surface area is 158 Å². The van der Waals surface area contributed by atoms with Gasteiger partial charge in [0.1, 0.15) is 31.5 Å². The summed E-state index contributed by atoms with van der Waals surface area (Å²) in [5, 5.41) is 0. The van der Waals surface area contributed by atoms with Crippen LogP contribution in [0.1, 0.15) is 13.8 Å². The van der Waals surface area contributed by atoms with Crippen LogP contribution in [0.15, 0.2) is 24.3 Å². The van der Waals surface area contributed by atoms with Crippen molar-refractivity contribution in [2.24, 2.45) is 5.92 Å². The number of carbonyl (C=O) groups is 3. The molecule has 0 aliphatic rings. The van der Waals surface area contributed by atoms with Crippen LogP contribution in [0.25, 0.3) is 0 Å². The summed E-state index contributed by atoms with van der Waals surface area (Å²) in [7, 11) is -4.29. The van der Waals surface area contributed by atoms with Crippen LogP contribution in [0.3, 0.4) is 0 Å². The maximum absolute atomic E-state index is 11.9. The first-order chi connectivity index (χ1) is 10.9. The third kappa shape index (κ3) is 12.4. The number of rotatable bonds is 10. The topological polar surface area (TPSA) is 133 Å². The Morgan fingerprint density at radius 3 is 1.68 bits per heavy atom. The summed E-state index contributed by atoms with van der Waals surface area (Å²) in [5.41, 5.74) is 0.208. The molecule has 0 aliphatic heterocycles. The van der Waals surface area contributed by atoms with E-state index in [1.807, 2.05) is 0 Å². The van der Waals surface area contributed by atoms with Crippen molar-refractivity contribution >= 4 is 46.9 Å². The van der Waals surface area contributed by atoms with Crippen molar-refractivity contribution in [2.75, 3.05) is 25.6 Å². The van der Waals surface area contributed by atoms with Crippen molar-refractivity contribution in [2.45, 2.75) is 13.8 Å². The summed E-state index contributed by atoms with van der Waals surface area (Å²) < 4.78 is 44.0. The number of esters is 3. The molecule has 0 aromatic carbocycles. The monoisotopic (exact) mass is 372 g/mol. The summed E-state index contributed by atoms with van der Waals surface area (Å²) in [6.07, 6.45) is 0. The van der Waals surface area contributed by atoms with E-state index in [0.29, 0.717) is 0 Å².